The quantitative estimate of drug-likeness (QED) is 0.415. The lowest BCUT2D eigenvalue weighted by atomic mass is 10.0. The predicted octanol–water partition coefficient (Wildman–Crippen LogP) is 6.04. The second-order valence-electron chi connectivity index (χ2n) is 7.06. The zero-order valence-corrected chi connectivity index (χ0v) is 19.1. The van der Waals surface area contributed by atoms with Gasteiger partial charge in [0.15, 0.2) is 5.75 Å². The van der Waals surface area contributed by atoms with Gasteiger partial charge in [-0.15, -0.1) is 0 Å². The van der Waals surface area contributed by atoms with Crippen LogP contribution in [0.15, 0.2) is 53.4 Å². The van der Waals surface area contributed by atoms with E-state index in [1.54, 1.807) is 0 Å². The lowest BCUT2D eigenvalue weighted by molar-refractivity contribution is 0.459. The Morgan fingerprint density at radius 1 is 0.933 bits per heavy atom. The molecule has 0 atom stereocenters. The van der Waals surface area contributed by atoms with Crippen molar-refractivity contribution in [3.63, 3.8) is 0 Å². The first-order valence-corrected chi connectivity index (χ1v) is 11.4. The van der Waals surface area contributed by atoms with Gasteiger partial charge >= 0.3 is 0 Å². The number of hydrogen-bond acceptors (Lipinski definition) is 4. The van der Waals surface area contributed by atoms with Crippen LogP contribution < -0.4 is 10.0 Å². The Labute approximate surface area is 186 Å². The Balaban J connectivity index is 1.98. The molecule has 0 aliphatic heterocycles. The van der Waals surface area contributed by atoms with Gasteiger partial charge in [-0.05, 0) is 55.2 Å². The molecule has 0 saturated heterocycles. The number of aromatic hydroxyl groups is 1. The standard InChI is InChI=1S/C22H22Cl2N2O3S/c1-13-9-14(2)21(15(3)20(13)25-12-16-7-5-4-6-8-16)26-30(28,29)19-11-17(23)10-18(24)22(19)27/h4-11,25-27H,12H2,1-3H3. The Hall–Kier alpha value is -2.41. The number of benzene rings is 3. The minimum absolute atomic E-state index is 0.112. The summed E-state index contributed by atoms with van der Waals surface area (Å²) >= 11 is 11.8. The van der Waals surface area contributed by atoms with Gasteiger partial charge in [0.2, 0.25) is 0 Å². The molecule has 0 bridgehead atoms. The normalized spacial score (nSPS) is 11.4. The first-order valence-electron chi connectivity index (χ1n) is 9.19. The second kappa shape index (κ2) is 8.76. The topological polar surface area (TPSA) is 78.4 Å². The molecular formula is C22H22Cl2N2O3S. The van der Waals surface area contributed by atoms with E-state index in [9.17, 15) is 13.5 Å². The summed E-state index contributed by atoms with van der Waals surface area (Å²) in [5.74, 6) is -0.543. The number of nitrogens with one attached hydrogen (secondary N) is 2. The first-order chi connectivity index (χ1) is 14.1. The molecule has 0 spiro atoms. The molecule has 0 aromatic heterocycles. The molecule has 0 fully saturated rings. The van der Waals surface area contributed by atoms with E-state index < -0.39 is 15.8 Å². The van der Waals surface area contributed by atoms with E-state index in [0.717, 1.165) is 27.9 Å². The van der Waals surface area contributed by atoms with Crippen molar-refractivity contribution in [3.05, 3.63) is 80.8 Å². The van der Waals surface area contributed by atoms with Crippen LogP contribution in [-0.2, 0) is 16.6 Å². The van der Waals surface area contributed by atoms with Crippen LogP contribution in [0.4, 0.5) is 11.4 Å². The van der Waals surface area contributed by atoms with Crippen LogP contribution in [0.2, 0.25) is 10.0 Å². The van der Waals surface area contributed by atoms with Crippen molar-refractivity contribution in [2.45, 2.75) is 32.2 Å². The van der Waals surface area contributed by atoms with Crippen molar-refractivity contribution in [1.82, 2.24) is 0 Å². The van der Waals surface area contributed by atoms with Crippen LogP contribution in [0.3, 0.4) is 0 Å². The van der Waals surface area contributed by atoms with Crippen LogP contribution in [-0.4, -0.2) is 13.5 Å². The van der Waals surface area contributed by atoms with Crippen molar-refractivity contribution in [3.8, 4) is 5.75 Å². The molecule has 0 saturated carbocycles. The van der Waals surface area contributed by atoms with E-state index in [0.29, 0.717) is 12.2 Å². The summed E-state index contributed by atoms with van der Waals surface area (Å²) in [6, 6.07) is 14.3. The predicted molar refractivity (Wildman–Crippen MR) is 123 cm³/mol. The molecule has 8 heteroatoms. The van der Waals surface area contributed by atoms with Crippen molar-refractivity contribution in [1.29, 1.82) is 0 Å². The number of phenolic OH excluding ortho intramolecular Hbond substituents is 1. The Morgan fingerprint density at radius 3 is 2.23 bits per heavy atom. The molecule has 0 aliphatic rings. The third-order valence-corrected chi connectivity index (χ3v) is 6.67. The number of hydrogen-bond donors (Lipinski definition) is 3. The van der Waals surface area contributed by atoms with Gasteiger partial charge in [0.05, 0.1) is 10.7 Å². The molecule has 3 N–H and O–H groups in total. The van der Waals surface area contributed by atoms with Crippen LogP contribution in [0.1, 0.15) is 22.3 Å². The third kappa shape index (κ3) is 4.67. The number of sulfonamides is 1. The minimum Gasteiger partial charge on any atom is -0.505 e. The maximum absolute atomic E-state index is 13.0. The van der Waals surface area contributed by atoms with E-state index in [2.05, 4.69) is 10.0 Å². The van der Waals surface area contributed by atoms with E-state index in [1.165, 1.54) is 12.1 Å². The molecule has 30 heavy (non-hydrogen) atoms. The fourth-order valence-electron chi connectivity index (χ4n) is 3.34. The summed E-state index contributed by atoms with van der Waals surface area (Å²) < 4.78 is 28.6. The molecule has 3 aromatic carbocycles. The summed E-state index contributed by atoms with van der Waals surface area (Å²) in [7, 11) is -4.13. The summed E-state index contributed by atoms with van der Waals surface area (Å²) in [5, 5.41) is 13.5. The summed E-state index contributed by atoms with van der Waals surface area (Å²) in [6.45, 7) is 6.23. The number of phenols is 1. The van der Waals surface area contributed by atoms with Crippen LogP contribution >= 0.6 is 23.2 Å². The maximum Gasteiger partial charge on any atom is 0.265 e. The van der Waals surface area contributed by atoms with Gasteiger partial charge < -0.3 is 10.4 Å². The summed E-state index contributed by atoms with van der Waals surface area (Å²) in [4.78, 5) is -0.377. The molecule has 3 rings (SSSR count). The molecule has 0 radical (unpaired) electrons. The van der Waals surface area contributed by atoms with Crippen molar-refractivity contribution in [2.24, 2.45) is 0 Å². The molecular weight excluding hydrogens is 443 g/mol. The van der Waals surface area contributed by atoms with Gasteiger partial charge in [-0.3, -0.25) is 4.72 Å². The van der Waals surface area contributed by atoms with Gasteiger partial charge in [0, 0.05) is 17.3 Å². The molecule has 3 aromatic rings. The van der Waals surface area contributed by atoms with Crippen LogP contribution in [0, 0.1) is 20.8 Å². The monoisotopic (exact) mass is 464 g/mol. The lowest BCUT2D eigenvalue weighted by Gasteiger charge is -2.20. The van der Waals surface area contributed by atoms with Gasteiger partial charge in [0.25, 0.3) is 10.0 Å². The number of anilines is 2. The van der Waals surface area contributed by atoms with Crippen molar-refractivity contribution < 1.29 is 13.5 Å². The average molecular weight is 465 g/mol. The molecule has 5 nitrogen and oxygen atoms in total. The van der Waals surface area contributed by atoms with Gasteiger partial charge in [-0.1, -0.05) is 59.6 Å². The highest BCUT2D eigenvalue weighted by atomic mass is 35.5. The highest BCUT2D eigenvalue weighted by Gasteiger charge is 2.24. The van der Waals surface area contributed by atoms with Crippen LogP contribution in [0.5, 0.6) is 5.75 Å². The molecule has 0 amide bonds. The van der Waals surface area contributed by atoms with Crippen LogP contribution in [0.25, 0.3) is 0 Å². The maximum atomic E-state index is 13.0. The molecule has 0 aliphatic carbocycles. The van der Waals surface area contributed by atoms with Gasteiger partial charge in [0.1, 0.15) is 4.90 Å². The zero-order chi connectivity index (χ0) is 22.1. The third-order valence-electron chi connectivity index (χ3n) is 4.80. The zero-order valence-electron chi connectivity index (χ0n) is 16.8. The molecule has 158 valence electrons. The Bertz CT molecular complexity index is 1200. The van der Waals surface area contributed by atoms with Crippen molar-refractivity contribution >= 4 is 44.6 Å². The fraction of sp³-hybridized carbons (Fsp3) is 0.182. The first kappa shape index (κ1) is 22.3. The van der Waals surface area contributed by atoms with Crippen molar-refractivity contribution in [2.75, 3.05) is 10.0 Å². The van der Waals surface area contributed by atoms with Gasteiger partial charge in [-0.25, -0.2) is 8.42 Å². The molecule has 0 unspecified atom stereocenters. The highest BCUT2D eigenvalue weighted by Crippen LogP contribution is 2.37. The number of aryl methyl sites for hydroxylation is 2. The summed E-state index contributed by atoms with van der Waals surface area (Å²) in [6.07, 6.45) is 0. The number of rotatable bonds is 6. The average Bonchev–Trinajstić information content (AvgIpc) is 2.68. The highest BCUT2D eigenvalue weighted by molar-refractivity contribution is 7.92. The second-order valence-corrected chi connectivity index (χ2v) is 9.56. The van der Waals surface area contributed by atoms with E-state index in [-0.39, 0.29) is 14.9 Å². The fourth-order valence-corrected chi connectivity index (χ4v) is 5.29. The minimum atomic E-state index is -4.13. The number of halogens is 2. The Kier molecular flexibility index (Phi) is 6.50. The van der Waals surface area contributed by atoms with E-state index in [1.807, 2.05) is 57.2 Å². The Morgan fingerprint density at radius 2 is 1.57 bits per heavy atom. The largest absolute Gasteiger partial charge is 0.505 e. The lowest BCUT2D eigenvalue weighted by Crippen LogP contribution is -2.16. The molecule has 0 heterocycles. The smallest absolute Gasteiger partial charge is 0.265 e. The van der Waals surface area contributed by atoms with Gasteiger partial charge in [-0.2, -0.15) is 0 Å². The summed E-state index contributed by atoms with van der Waals surface area (Å²) in [5.41, 5.74) is 4.89. The SMILES string of the molecule is Cc1cc(C)c(NS(=O)(=O)c2cc(Cl)cc(Cl)c2O)c(C)c1NCc1ccccc1. The van der Waals surface area contributed by atoms with E-state index >= 15 is 0 Å². The van der Waals surface area contributed by atoms with E-state index in [4.69, 9.17) is 23.2 Å².